The molecule has 1 aliphatic rings. The van der Waals surface area contributed by atoms with Gasteiger partial charge in [0.25, 0.3) is 5.91 Å². The lowest BCUT2D eigenvalue weighted by Gasteiger charge is -2.26. The van der Waals surface area contributed by atoms with Gasteiger partial charge in [0.15, 0.2) is 17.6 Å². The molecule has 2 atom stereocenters. The molecule has 32 heavy (non-hydrogen) atoms. The number of anilines is 1. The fourth-order valence-corrected chi connectivity index (χ4v) is 3.33. The summed E-state index contributed by atoms with van der Waals surface area (Å²) in [6.45, 7) is 2.03. The summed E-state index contributed by atoms with van der Waals surface area (Å²) in [5.41, 5.74) is 2.12. The Labute approximate surface area is 191 Å². The lowest BCUT2D eigenvalue weighted by Crippen LogP contribution is -2.28. The Morgan fingerprint density at radius 1 is 1.22 bits per heavy atom. The Hall–Kier alpha value is -3.28. The first-order chi connectivity index (χ1) is 15.4. The summed E-state index contributed by atoms with van der Waals surface area (Å²) in [4.78, 5) is 24.2. The molecule has 11 heteroatoms. The SMILES string of the molecule is CCO[C@H](/C=C/C(=O)NO)[C@H](OC(=O)Nc1ccc2c(c1)OCO2)c1cc(Br)ccc1O. The number of benzene rings is 2. The third-order valence-corrected chi connectivity index (χ3v) is 4.85. The van der Waals surface area contributed by atoms with Crippen LogP contribution in [0.25, 0.3) is 0 Å². The second-order valence-electron chi connectivity index (χ2n) is 6.48. The fraction of sp³-hybridized carbons (Fsp3) is 0.238. The molecule has 0 spiro atoms. The van der Waals surface area contributed by atoms with Crippen molar-refractivity contribution in [1.29, 1.82) is 0 Å². The maximum Gasteiger partial charge on any atom is 0.412 e. The second-order valence-corrected chi connectivity index (χ2v) is 7.39. The molecular formula is C21H21BrN2O8. The van der Waals surface area contributed by atoms with Gasteiger partial charge < -0.3 is 24.1 Å². The largest absolute Gasteiger partial charge is 0.508 e. The summed E-state index contributed by atoms with van der Waals surface area (Å²) in [5, 5.41) is 21.7. The molecule has 0 fully saturated rings. The zero-order chi connectivity index (χ0) is 23.1. The molecule has 1 heterocycles. The van der Waals surface area contributed by atoms with E-state index >= 15 is 0 Å². The maximum atomic E-state index is 12.7. The van der Waals surface area contributed by atoms with Crippen molar-refractivity contribution in [1.82, 2.24) is 5.48 Å². The summed E-state index contributed by atoms with van der Waals surface area (Å²) in [7, 11) is 0. The molecule has 0 aliphatic carbocycles. The molecule has 0 radical (unpaired) electrons. The molecule has 0 bridgehead atoms. The third kappa shape index (κ3) is 5.90. The minimum Gasteiger partial charge on any atom is -0.508 e. The van der Waals surface area contributed by atoms with Crippen LogP contribution < -0.4 is 20.3 Å². The highest BCUT2D eigenvalue weighted by Gasteiger charge is 2.29. The smallest absolute Gasteiger partial charge is 0.412 e. The summed E-state index contributed by atoms with van der Waals surface area (Å²) < 4.78 is 22.4. The lowest BCUT2D eigenvalue weighted by molar-refractivity contribution is -0.124. The quantitative estimate of drug-likeness (QED) is 0.241. The van der Waals surface area contributed by atoms with Gasteiger partial charge in [0.1, 0.15) is 11.9 Å². The molecule has 0 saturated heterocycles. The normalized spacial score (nSPS) is 14.1. The number of hydrogen-bond donors (Lipinski definition) is 4. The Kier molecular flexibility index (Phi) is 7.92. The zero-order valence-corrected chi connectivity index (χ0v) is 18.5. The molecule has 170 valence electrons. The van der Waals surface area contributed by atoms with E-state index < -0.39 is 24.2 Å². The number of aromatic hydroxyl groups is 1. The number of hydroxylamine groups is 1. The molecule has 2 amide bonds. The van der Waals surface area contributed by atoms with Gasteiger partial charge >= 0.3 is 6.09 Å². The number of fused-ring (bicyclic) bond motifs is 1. The molecule has 0 aromatic heterocycles. The topological polar surface area (TPSA) is 136 Å². The van der Waals surface area contributed by atoms with Crippen molar-refractivity contribution in [3.05, 3.63) is 58.6 Å². The Balaban J connectivity index is 1.87. The summed E-state index contributed by atoms with van der Waals surface area (Å²) in [5.74, 6) is 0.106. The van der Waals surface area contributed by atoms with E-state index in [1.165, 1.54) is 17.6 Å². The van der Waals surface area contributed by atoms with Crippen LogP contribution in [0.2, 0.25) is 0 Å². The molecule has 10 nitrogen and oxygen atoms in total. The van der Waals surface area contributed by atoms with Crippen molar-refractivity contribution in [3.8, 4) is 17.2 Å². The molecule has 0 unspecified atom stereocenters. The van der Waals surface area contributed by atoms with Crippen LogP contribution in [0.4, 0.5) is 10.5 Å². The summed E-state index contributed by atoms with van der Waals surface area (Å²) in [6, 6.07) is 9.47. The molecule has 3 rings (SSSR count). The van der Waals surface area contributed by atoms with E-state index in [-0.39, 0.29) is 24.7 Å². The number of phenols is 1. The molecule has 1 aliphatic heterocycles. The molecule has 4 N–H and O–H groups in total. The van der Waals surface area contributed by atoms with E-state index in [0.717, 1.165) is 6.08 Å². The van der Waals surface area contributed by atoms with Crippen LogP contribution in [-0.2, 0) is 14.3 Å². The van der Waals surface area contributed by atoms with Gasteiger partial charge in [-0.3, -0.25) is 15.3 Å². The van der Waals surface area contributed by atoms with Gasteiger partial charge in [-0.25, -0.2) is 10.3 Å². The van der Waals surface area contributed by atoms with Crippen LogP contribution in [0.3, 0.4) is 0 Å². The summed E-state index contributed by atoms with van der Waals surface area (Å²) >= 11 is 3.33. The lowest BCUT2D eigenvalue weighted by atomic mass is 10.0. The Bertz CT molecular complexity index is 1010. The first-order valence-corrected chi connectivity index (χ1v) is 10.3. The molecule has 2 aromatic carbocycles. The van der Waals surface area contributed by atoms with Crippen molar-refractivity contribution in [2.75, 3.05) is 18.7 Å². The number of nitrogens with one attached hydrogen (secondary N) is 2. The Morgan fingerprint density at radius 2 is 2.00 bits per heavy atom. The van der Waals surface area contributed by atoms with Gasteiger partial charge in [-0.1, -0.05) is 15.9 Å². The Morgan fingerprint density at radius 3 is 2.75 bits per heavy atom. The van der Waals surface area contributed by atoms with Crippen molar-refractivity contribution in [2.45, 2.75) is 19.1 Å². The maximum absolute atomic E-state index is 12.7. The van der Waals surface area contributed by atoms with Gasteiger partial charge in [-0.05, 0) is 43.3 Å². The first kappa shape index (κ1) is 23.4. The number of halogens is 1. The number of rotatable bonds is 8. The highest BCUT2D eigenvalue weighted by Crippen LogP contribution is 2.36. The number of carbonyl (C=O) groups excluding carboxylic acids is 2. The van der Waals surface area contributed by atoms with Crippen molar-refractivity contribution in [2.24, 2.45) is 0 Å². The average Bonchev–Trinajstić information content (AvgIpc) is 3.24. The number of ether oxygens (including phenoxy) is 4. The van der Waals surface area contributed by atoms with Gasteiger partial charge in [-0.2, -0.15) is 0 Å². The standard InChI is InChI=1S/C21H21BrN2O8/c1-2-29-17(7-8-19(26)24-28)20(14-9-12(22)3-5-15(14)25)32-21(27)23-13-4-6-16-18(10-13)31-11-30-16/h3-10,17,20,25,28H,2,11H2,1H3,(H,23,27)(H,24,26)/b8-7+/t17-,20-/m1/s1. The van der Waals surface area contributed by atoms with Gasteiger partial charge in [0.05, 0.1) is 0 Å². The number of carbonyl (C=O) groups is 2. The molecular weight excluding hydrogens is 488 g/mol. The van der Waals surface area contributed by atoms with Gasteiger partial charge in [0, 0.05) is 34.5 Å². The number of phenolic OH excluding ortho intramolecular Hbond substituents is 1. The van der Waals surface area contributed by atoms with Crippen LogP contribution >= 0.6 is 15.9 Å². The van der Waals surface area contributed by atoms with E-state index in [1.54, 1.807) is 37.3 Å². The predicted octanol–water partition coefficient (Wildman–Crippen LogP) is 3.64. The van der Waals surface area contributed by atoms with Crippen LogP contribution in [0.15, 0.2) is 53.0 Å². The summed E-state index contributed by atoms with van der Waals surface area (Å²) in [6.07, 6.45) is -0.586. The monoisotopic (exact) mass is 508 g/mol. The predicted molar refractivity (Wildman–Crippen MR) is 116 cm³/mol. The van der Waals surface area contributed by atoms with Crippen LogP contribution in [0.5, 0.6) is 17.2 Å². The van der Waals surface area contributed by atoms with Crippen molar-refractivity contribution >= 4 is 33.6 Å². The zero-order valence-electron chi connectivity index (χ0n) is 16.9. The van der Waals surface area contributed by atoms with Crippen LogP contribution in [-0.4, -0.2) is 41.8 Å². The van der Waals surface area contributed by atoms with E-state index in [2.05, 4.69) is 21.2 Å². The van der Waals surface area contributed by atoms with E-state index in [1.807, 2.05) is 0 Å². The highest BCUT2D eigenvalue weighted by molar-refractivity contribution is 9.10. The fourth-order valence-electron chi connectivity index (χ4n) is 2.95. The minimum atomic E-state index is -1.13. The van der Waals surface area contributed by atoms with E-state index in [4.69, 9.17) is 24.2 Å². The second kappa shape index (κ2) is 10.8. The van der Waals surface area contributed by atoms with Crippen LogP contribution in [0.1, 0.15) is 18.6 Å². The first-order valence-electron chi connectivity index (χ1n) is 9.50. The van der Waals surface area contributed by atoms with E-state index in [0.29, 0.717) is 21.7 Å². The minimum absolute atomic E-state index is 0.0945. The van der Waals surface area contributed by atoms with Crippen LogP contribution in [0, 0.1) is 0 Å². The van der Waals surface area contributed by atoms with Crippen molar-refractivity contribution in [3.63, 3.8) is 0 Å². The number of amides is 2. The molecule has 0 saturated carbocycles. The van der Waals surface area contributed by atoms with Gasteiger partial charge in [-0.15, -0.1) is 0 Å². The van der Waals surface area contributed by atoms with Gasteiger partial charge in [0.2, 0.25) is 6.79 Å². The third-order valence-electron chi connectivity index (χ3n) is 4.35. The van der Waals surface area contributed by atoms with Crippen molar-refractivity contribution < 1.29 is 38.9 Å². The molecule has 2 aromatic rings. The number of hydrogen-bond acceptors (Lipinski definition) is 8. The average molecular weight is 509 g/mol. The highest BCUT2D eigenvalue weighted by atomic mass is 79.9. The van der Waals surface area contributed by atoms with E-state index in [9.17, 15) is 14.7 Å².